The van der Waals surface area contributed by atoms with E-state index >= 15 is 0 Å². The topological polar surface area (TPSA) is 88.2 Å². The summed E-state index contributed by atoms with van der Waals surface area (Å²) in [5.41, 5.74) is 4.27. The number of carbonyl (C=O) groups is 1. The van der Waals surface area contributed by atoms with Gasteiger partial charge in [-0.2, -0.15) is 4.98 Å². The third-order valence-electron chi connectivity index (χ3n) is 5.57. The standard InChI is InChI=1S/C24H27N3O3/c1-15(2)11-16-3-9-19(10-4-16)23-26-22(27-30-23)18-7-5-17(6-8-18)14-25-21-12-20(13-21)24(28)29/h3-10,15,20-21,25H,11-14H2,1-2H3,(H,28,29)/t20-,21+. The van der Waals surface area contributed by atoms with Gasteiger partial charge in [0.05, 0.1) is 5.92 Å². The van der Waals surface area contributed by atoms with E-state index in [1.54, 1.807) is 0 Å². The van der Waals surface area contributed by atoms with Gasteiger partial charge in [-0.05, 0) is 48.4 Å². The minimum absolute atomic E-state index is 0.191. The lowest BCUT2D eigenvalue weighted by atomic mass is 9.80. The summed E-state index contributed by atoms with van der Waals surface area (Å²) in [5, 5.41) is 16.5. The lowest BCUT2D eigenvalue weighted by Gasteiger charge is -2.33. The lowest BCUT2D eigenvalue weighted by molar-refractivity contribution is -0.145. The van der Waals surface area contributed by atoms with Crippen LogP contribution in [0.1, 0.15) is 37.8 Å². The van der Waals surface area contributed by atoms with E-state index in [2.05, 4.69) is 41.4 Å². The number of nitrogens with one attached hydrogen (secondary N) is 1. The van der Waals surface area contributed by atoms with Gasteiger partial charge in [0, 0.05) is 23.7 Å². The smallest absolute Gasteiger partial charge is 0.306 e. The zero-order valence-corrected chi connectivity index (χ0v) is 17.3. The average molecular weight is 405 g/mol. The maximum Gasteiger partial charge on any atom is 0.306 e. The zero-order valence-electron chi connectivity index (χ0n) is 17.3. The van der Waals surface area contributed by atoms with Crippen molar-refractivity contribution in [3.05, 3.63) is 59.7 Å². The van der Waals surface area contributed by atoms with Crippen molar-refractivity contribution in [1.29, 1.82) is 0 Å². The molecule has 0 unspecified atom stereocenters. The highest BCUT2D eigenvalue weighted by molar-refractivity contribution is 5.71. The molecule has 2 N–H and O–H groups in total. The first kappa shape index (κ1) is 20.3. The van der Waals surface area contributed by atoms with Crippen LogP contribution < -0.4 is 5.32 Å². The van der Waals surface area contributed by atoms with Gasteiger partial charge in [0.2, 0.25) is 5.82 Å². The number of carboxylic acid groups (broad SMARTS) is 1. The zero-order chi connectivity index (χ0) is 21.1. The monoisotopic (exact) mass is 405 g/mol. The van der Waals surface area contributed by atoms with Gasteiger partial charge in [-0.3, -0.25) is 4.79 Å². The van der Waals surface area contributed by atoms with Gasteiger partial charge in [-0.25, -0.2) is 0 Å². The van der Waals surface area contributed by atoms with Crippen molar-refractivity contribution in [2.45, 2.75) is 45.7 Å². The summed E-state index contributed by atoms with van der Waals surface area (Å²) in [6.07, 6.45) is 2.46. The normalized spacial score (nSPS) is 18.4. The molecule has 0 radical (unpaired) electrons. The number of carboxylic acids is 1. The second-order valence-electron chi connectivity index (χ2n) is 8.50. The fourth-order valence-electron chi connectivity index (χ4n) is 3.73. The number of aliphatic carboxylic acids is 1. The Morgan fingerprint density at radius 2 is 1.70 bits per heavy atom. The predicted molar refractivity (Wildman–Crippen MR) is 115 cm³/mol. The molecule has 3 aromatic rings. The Morgan fingerprint density at radius 3 is 2.33 bits per heavy atom. The van der Waals surface area contributed by atoms with Crippen molar-refractivity contribution in [1.82, 2.24) is 15.5 Å². The van der Waals surface area contributed by atoms with Crippen molar-refractivity contribution in [2.24, 2.45) is 11.8 Å². The molecule has 6 nitrogen and oxygen atoms in total. The number of benzene rings is 2. The Labute approximate surface area is 176 Å². The highest BCUT2D eigenvalue weighted by atomic mass is 16.5. The van der Waals surface area contributed by atoms with Crippen LogP contribution in [-0.4, -0.2) is 27.3 Å². The summed E-state index contributed by atoms with van der Waals surface area (Å²) in [5.74, 6) is 0.829. The quantitative estimate of drug-likeness (QED) is 0.571. The molecule has 1 saturated carbocycles. The number of aromatic nitrogens is 2. The number of nitrogens with zero attached hydrogens (tertiary/aromatic N) is 2. The number of hydrogen-bond donors (Lipinski definition) is 2. The molecule has 1 aromatic heterocycles. The summed E-state index contributed by atoms with van der Waals surface area (Å²) in [4.78, 5) is 15.4. The molecule has 1 aliphatic carbocycles. The fraction of sp³-hybridized carbons (Fsp3) is 0.375. The van der Waals surface area contributed by atoms with E-state index in [1.807, 2.05) is 36.4 Å². The highest BCUT2D eigenvalue weighted by Crippen LogP contribution is 2.28. The molecule has 0 spiro atoms. The molecule has 0 atom stereocenters. The van der Waals surface area contributed by atoms with Gasteiger partial charge >= 0.3 is 5.97 Å². The van der Waals surface area contributed by atoms with E-state index in [9.17, 15) is 4.79 Å². The largest absolute Gasteiger partial charge is 0.481 e. The minimum Gasteiger partial charge on any atom is -0.481 e. The van der Waals surface area contributed by atoms with E-state index in [-0.39, 0.29) is 12.0 Å². The summed E-state index contributed by atoms with van der Waals surface area (Å²) in [6, 6.07) is 16.6. The third kappa shape index (κ3) is 4.76. The molecule has 1 fully saturated rings. The first-order valence-corrected chi connectivity index (χ1v) is 10.5. The van der Waals surface area contributed by atoms with Gasteiger partial charge in [0.15, 0.2) is 0 Å². The maximum atomic E-state index is 10.9. The maximum absolute atomic E-state index is 10.9. The Bertz CT molecular complexity index is 987. The summed E-state index contributed by atoms with van der Waals surface area (Å²) < 4.78 is 5.47. The van der Waals surface area contributed by atoms with Gasteiger partial charge < -0.3 is 14.9 Å². The van der Waals surface area contributed by atoms with Crippen LogP contribution in [-0.2, 0) is 17.8 Å². The molecule has 156 valence electrons. The molecule has 1 aliphatic rings. The van der Waals surface area contributed by atoms with Crippen LogP contribution in [0.2, 0.25) is 0 Å². The van der Waals surface area contributed by atoms with Crippen LogP contribution in [0.5, 0.6) is 0 Å². The Hall–Kier alpha value is -2.99. The van der Waals surface area contributed by atoms with Crippen LogP contribution in [0.4, 0.5) is 0 Å². The van der Waals surface area contributed by atoms with E-state index in [0.29, 0.717) is 30.5 Å². The molecule has 4 rings (SSSR count). The number of hydrogen-bond acceptors (Lipinski definition) is 5. The highest BCUT2D eigenvalue weighted by Gasteiger charge is 2.33. The van der Waals surface area contributed by atoms with Crippen molar-refractivity contribution in [3.8, 4) is 22.8 Å². The van der Waals surface area contributed by atoms with Gasteiger partial charge in [-0.15, -0.1) is 0 Å². The molecule has 0 amide bonds. The van der Waals surface area contributed by atoms with E-state index < -0.39 is 5.97 Å². The third-order valence-corrected chi connectivity index (χ3v) is 5.57. The van der Waals surface area contributed by atoms with Gasteiger partial charge in [-0.1, -0.05) is 55.4 Å². The van der Waals surface area contributed by atoms with Crippen molar-refractivity contribution >= 4 is 5.97 Å². The minimum atomic E-state index is -0.691. The molecule has 1 heterocycles. The first-order chi connectivity index (χ1) is 14.5. The van der Waals surface area contributed by atoms with Crippen LogP contribution in [0.3, 0.4) is 0 Å². The lowest BCUT2D eigenvalue weighted by Crippen LogP contribution is -2.43. The van der Waals surface area contributed by atoms with Gasteiger partial charge in [0.1, 0.15) is 0 Å². The van der Waals surface area contributed by atoms with Crippen molar-refractivity contribution in [2.75, 3.05) is 0 Å². The van der Waals surface area contributed by atoms with E-state index in [0.717, 1.165) is 29.7 Å². The molecule has 0 bridgehead atoms. The summed E-state index contributed by atoms with van der Waals surface area (Å²) in [6.45, 7) is 5.14. The Morgan fingerprint density at radius 1 is 1.07 bits per heavy atom. The molecule has 2 aromatic carbocycles. The molecule has 0 saturated heterocycles. The predicted octanol–water partition coefficient (Wildman–Crippen LogP) is 4.55. The second kappa shape index (κ2) is 8.79. The SMILES string of the molecule is CC(C)Cc1ccc(-c2nc(-c3ccc(CN[C@H]4C[C@@H](C(=O)O)C4)cc3)no2)cc1. The fourth-order valence-corrected chi connectivity index (χ4v) is 3.73. The molecule has 30 heavy (non-hydrogen) atoms. The summed E-state index contributed by atoms with van der Waals surface area (Å²) >= 11 is 0. The van der Waals surface area contributed by atoms with Crippen LogP contribution in [0.15, 0.2) is 53.1 Å². The molecular formula is C24H27N3O3. The number of rotatable bonds is 8. The van der Waals surface area contributed by atoms with E-state index in [1.165, 1.54) is 5.56 Å². The molecular weight excluding hydrogens is 378 g/mol. The van der Waals surface area contributed by atoms with Crippen molar-refractivity contribution in [3.63, 3.8) is 0 Å². The average Bonchev–Trinajstić information content (AvgIpc) is 3.17. The Kier molecular flexibility index (Phi) is 5.95. The van der Waals surface area contributed by atoms with Crippen LogP contribution in [0.25, 0.3) is 22.8 Å². The first-order valence-electron chi connectivity index (χ1n) is 10.5. The Balaban J connectivity index is 1.35. The molecule has 0 aliphatic heterocycles. The van der Waals surface area contributed by atoms with Crippen molar-refractivity contribution < 1.29 is 14.4 Å². The van der Waals surface area contributed by atoms with Gasteiger partial charge in [0.25, 0.3) is 5.89 Å². The second-order valence-corrected chi connectivity index (χ2v) is 8.50. The van der Waals surface area contributed by atoms with Crippen LogP contribution >= 0.6 is 0 Å². The summed E-state index contributed by atoms with van der Waals surface area (Å²) in [7, 11) is 0. The van der Waals surface area contributed by atoms with Crippen LogP contribution in [0, 0.1) is 11.8 Å². The molecule has 6 heteroatoms. The van der Waals surface area contributed by atoms with E-state index in [4.69, 9.17) is 9.63 Å².